The monoisotopic (exact) mass is 354 g/mol. The molecule has 5 nitrogen and oxygen atoms in total. The Balaban J connectivity index is 2.43. The van der Waals surface area contributed by atoms with Gasteiger partial charge in [0.1, 0.15) is 0 Å². The number of nitrogens with one attached hydrogen (secondary N) is 1. The Morgan fingerprint density at radius 2 is 2.05 bits per heavy atom. The first kappa shape index (κ1) is 14.7. The second-order valence-corrected chi connectivity index (χ2v) is 5.30. The molecule has 0 aliphatic carbocycles. The smallest absolute Gasteiger partial charge is 0.358 e. The molecule has 0 radical (unpaired) electrons. The summed E-state index contributed by atoms with van der Waals surface area (Å²) >= 11 is 4.29. The number of benzene rings is 1. The van der Waals surface area contributed by atoms with Crippen LogP contribution in [0.15, 0.2) is 30.3 Å². The average molecular weight is 355 g/mol. The van der Waals surface area contributed by atoms with Gasteiger partial charge in [0.2, 0.25) is 5.91 Å². The van der Waals surface area contributed by atoms with E-state index in [1.54, 1.807) is 0 Å². The van der Waals surface area contributed by atoms with Crippen LogP contribution in [0.2, 0.25) is 0 Å². The number of amides is 1. The summed E-state index contributed by atoms with van der Waals surface area (Å²) in [5.74, 6) is -0.755. The van der Waals surface area contributed by atoms with Crippen molar-refractivity contribution >= 4 is 44.3 Å². The van der Waals surface area contributed by atoms with E-state index in [9.17, 15) is 9.59 Å². The number of aromatic nitrogens is 1. The number of thiazole rings is 1. The van der Waals surface area contributed by atoms with Gasteiger partial charge >= 0.3 is 5.97 Å². The molecule has 1 aromatic heterocycles. The van der Waals surface area contributed by atoms with Gasteiger partial charge < -0.3 is 10.1 Å². The van der Waals surface area contributed by atoms with E-state index in [1.807, 2.05) is 30.3 Å². The number of carbonyl (C=O) groups is 2. The number of methoxy groups -OCH3 is 1. The SMILES string of the molecule is COC(=O)c1nc(NC(=O)CBr)sc1-c1ccccc1. The van der Waals surface area contributed by atoms with Gasteiger partial charge in [0, 0.05) is 0 Å². The van der Waals surface area contributed by atoms with Crippen LogP contribution in [0.1, 0.15) is 10.5 Å². The summed E-state index contributed by atoms with van der Waals surface area (Å²) in [6, 6.07) is 9.36. The van der Waals surface area contributed by atoms with Gasteiger partial charge in [-0.25, -0.2) is 9.78 Å². The lowest BCUT2D eigenvalue weighted by atomic mass is 10.1. The molecule has 0 unspecified atom stereocenters. The summed E-state index contributed by atoms with van der Waals surface area (Å²) in [4.78, 5) is 28.0. The lowest BCUT2D eigenvalue weighted by Crippen LogP contribution is -2.12. The van der Waals surface area contributed by atoms with Gasteiger partial charge in [0.15, 0.2) is 10.8 Å². The van der Waals surface area contributed by atoms with E-state index in [0.29, 0.717) is 10.0 Å². The van der Waals surface area contributed by atoms with Crippen LogP contribution in [-0.2, 0) is 9.53 Å². The molecule has 0 fully saturated rings. The van der Waals surface area contributed by atoms with E-state index >= 15 is 0 Å². The summed E-state index contributed by atoms with van der Waals surface area (Å²) in [7, 11) is 1.30. The van der Waals surface area contributed by atoms with E-state index in [-0.39, 0.29) is 16.9 Å². The first-order valence-electron chi connectivity index (χ1n) is 5.66. The zero-order chi connectivity index (χ0) is 14.5. The van der Waals surface area contributed by atoms with Crippen LogP contribution in [0.5, 0.6) is 0 Å². The molecule has 0 spiro atoms. The molecule has 1 N–H and O–H groups in total. The molecule has 20 heavy (non-hydrogen) atoms. The maximum absolute atomic E-state index is 11.8. The Bertz CT molecular complexity index is 628. The number of alkyl halides is 1. The first-order valence-corrected chi connectivity index (χ1v) is 7.60. The number of halogens is 1. The topological polar surface area (TPSA) is 68.3 Å². The number of anilines is 1. The molecule has 7 heteroatoms. The molecule has 0 aliphatic heterocycles. The van der Waals surface area contributed by atoms with Crippen LogP contribution in [0.25, 0.3) is 10.4 Å². The lowest BCUT2D eigenvalue weighted by molar-refractivity contribution is -0.113. The Kier molecular flexibility index (Phi) is 4.86. The van der Waals surface area contributed by atoms with Crippen molar-refractivity contribution in [1.82, 2.24) is 4.98 Å². The molecule has 2 rings (SSSR count). The van der Waals surface area contributed by atoms with E-state index in [4.69, 9.17) is 4.74 Å². The van der Waals surface area contributed by atoms with Crippen LogP contribution in [0.3, 0.4) is 0 Å². The molecule has 0 saturated heterocycles. The normalized spacial score (nSPS) is 10.1. The van der Waals surface area contributed by atoms with Gasteiger partial charge in [-0.1, -0.05) is 57.6 Å². The van der Waals surface area contributed by atoms with Crippen molar-refractivity contribution in [3.8, 4) is 10.4 Å². The predicted octanol–water partition coefficient (Wildman–Crippen LogP) is 2.93. The van der Waals surface area contributed by atoms with Gasteiger partial charge in [-0.2, -0.15) is 0 Å². The quantitative estimate of drug-likeness (QED) is 0.676. The molecule has 0 atom stereocenters. The molecule has 0 bridgehead atoms. The number of carbonyl (C=O) groups excluding carboxylic acids is 2. The lowest BCUT2D eigenvalue weighted by Gasteiger charge is -1.99. The Morgan fingerprint density at radius 3 is 2.65 bits per heavy atom. The standard InChI is InChI=1S/C13H11BrN2O3S/c1-19-12(18)10-11(8-5-3-2-4-6-8)20-13(16-10)15-9(17)7-14/h2-6H,7H2,1H3,(H,15,16,17). The molecule has 104 valence electrons. The fourth-order valence-electron chi connectivity index (χ4n) is 1.55. The third-order valence-corrected chi connectivity index (χ3v) is 3.94. The third-order valence-electron chi connectivity index (χ3n) is 2.41. The molecule has 2 aromatic rings. The fraction of sp³-hybridized carbons (Fsp3) is 0.154. The second-order valence-electron chi connectivity index (χ2n) is 3.74. The highest BCUT2D eigenvalue weighted by molar-refractivity contribution is 9.09. The molecular formula is C13H11BrN2O3S. The summed E-state index contributed by atoms with van der Waals surface area (Å²) in [5.41, 5.74) is 1.05. The van der Waals surface area contributed by atoms with Crippen molar-refractivity contribution in [3.05, 3.63) is 36.0 Å². The van der Waals surface area contributed by atoms with Gasteiger partial charge in [0.25, 0.3) is 0 Å². The number of ether oxygens (including phenoxy) is 1. The van der Waals surface area contributed by atoms with Crippen molar-refractivity contribution in [2.45, 2.75) is 0 Å². The Morgan fingerprint density at radius 1 is 1.35 bits per heavy atom. The van der Waals surface area contributed by atoms with Crippen molar-refractivity contribution in [1.29, 1.82) is 0 Å². The molecular weight excluding hydrogens is 344 g/mol. The first-order chi connectivity index (χ1) is 9.65. The number of nitrogens with zero attached hydrogens (tertiary/aromatic N) is 1. The van der Waals surface area contributed by atoms with Gasteiger partial charge in [-0.15, -0.1) is 0 Å². The largest absolute Gasteiger partial charge is 0.464 e. The van der Waals surface area contributed by atoms with E-state index in [2.05, 4.69) is 26.2 Å². The van der Waals surface area contributed by atoms with Crippen LogP contribution in [0.4, 0.5) is 5.13 Å². The summed E-state index contributed by atoms with van der Waals surface area (Å²) in [6.07, 6.45) is 0. The minimum absolute atomic E-state index is 0.167. The number of hydrogen-bond acceptors (Lipinski definition) is 5. The second kappa shape index (κ2) is 6.62. The number of rotatable bonds is 4. The molecule has 1 amide bonds. The minimum atomic E-state index is -0.528. The zero-order valence-electron chi connectivity index (χ0n) is 10.6. The van der Waals surface area contributed by atoms with Crippen molar-refractivity contribution in [3.63, 3.8) is 0 Å². The fourth-order valence-corrected chi connectivity index (χ4v) is 2.66. The summed E-state index contributed by atoms with van der Waals surface area (Å²) in [6.45, 7) is 0. The highest BCUT2D eigenvalue weighted by atomic mass is 79.9. The zero-order valence-corrected chi connectivity index (χ0v) is 13.0. The highest BCUT2D eigenvalue weighted by Gasteiger charge is 2.20. The average Bonchev–Trinajstić information content (AvgIpc) is 2.91. The molecule has 1 aromatic carbocycles. The predicted molar refractivity (Wildman–Crippen MR) is 81.3 cm³/mol. The Labute approximate surface area is 128 Å². The van der Waals surface area contributed by atoms with Gasteiger partial charge in [-0.3, -0.25) is 4.79 Å². The van der Waals surface area contributed by atoms with E-state index < -0.39 is 5.97 Å². The molecule has 0 saturated carbocycles. The third kappa shape index (κ3) is 3.23. The van der Waals surface area contributed by atoms with E-state index in [1.165, 1.54) is 18.4 Å². The van der Waals surface area contributed by atoms with Crippen LogP contribution in [0, 0.1) is 0 Å². The molecule has 0 aliphatic rings. The highest BCUT2D eigenvalue weighted by Crippen LogP contribution is 2.33. The van der Waals surface area contributed by atoms with Crippen LogP contribution in [-0.4, -0.2) is 29.3 Å². The maximum Gasteiger partial charge on any atom is 0.358 e. The van der Waals surface area contributed by atoms with Crippen LogP contribution >= 0.6 is 27.3 Å². The number of hydrogen-bond donors (Lipinski definition) is 1. The van der Waals surface area contributed by atoms with Crippen molar-refractivity contribution < 1.29 is 14.3 Å². The summed E-state index contributed by atoms with van der Waals surface area (Å²) < 4.78 is 4.73. The van der Waals surface area contributed by atoms with Crippen molar-refractivity contribution in [2.24, 2.45) is 0 Å². The Hall–Kier alpha value is -1.73. The molecule has 1 heterocycles. The number of esters is 1. The van der Waals surface area contributed by atoms with Crippen molar-refractivity contribution in [2.75, 3.05) is 17.8 Å². The minimum Gasteiger partial charge on any atom is -0.464 e. The maximum atomic E-state index is 11.8. The van der Waals surface area contributed by atoms with Crippen LogP contribution < -0.4 is 5.32 Å². The van der Waals surface area contributed by atoms with Gasteiger partial charge in [0.05, 0.1) is 17.3 Å². The van der Waals surface area contributed by atoms with E-state index in [0.717, 1.165) is 5.56 Å². The summed E-state index contributed by atoms with van der Waals surface area (Å²) in [5, 5.41) is 3.15. The van der Waals surface area contributed by atoms with Gasteiger partial charge in [-0.05, 0) is 5.56 Å².